The fourth-order valence-corrected chi connectivity index (χ4v) is 0.258. The standard InChI is InChI=1S/C4F6NO5/c5-3(6,7)1(12)15-11(14)16-2(13)4(8,9)10/q+1. The SMILES string of the molecule is O=C(O[N+](=O)OC(=O)C(F)(F)F)C(F)(F)F. The number of nitrogens with zero attached hydrogens (tertiary/aromatic N) is 1. The summed E-state index contributed by atoms with van der Waals surface area (Å²) in [5.74, 6) is -6.28. The highest BCUT2D eigenvalue weighted by Gasteiger charge is 2.51. The summed E-state index contributed by atoms with van der Waals surface area (Å²) in [5.41, 5.74) is 0. The molecule has 0 radical (unpaired) electrons. The van der Waals surface area contributed by atoms with Crippen molar-refractivity contribution in [2.45, 2.75) is 12.4 Å². The lowest BCUT2D eigenvalue weighted by Crippen LogP contribution is -2.34. The molecule has 92 valence electrons. The van der Waals surface area contributed by atoms with E-state index in [9.17, 15) is 40.8 Å². The van der Waals surface area contributed by atoms with Gasteiger partial charge < -0.3 is 0 Å². The van der Waals surface area contributed by atoms with Crippen LogP contribution in [0.1, 0.15) is 0 Å². The van der Waals surface area contributed by atoms with Gasteiger partial charge in [0.05, 0.1) is 0 Å². The Morgan fingerprint density at radius 2 is 1.06 bits per heavy atom. The van der Waals surface area contributed by atoms with Gasteiger partial charge in [0.25, 0.3) is 0 Å². The zero-order chi connectivity index (χ0) is 13.1. The summed E-state index contributed by atoms with van der Waals surface area (Å²) in [6.45, 7) is 0. The highest BCUT2D eigenvalue weighted by Crippen LogP contribution is 2.18. The van der Waals surface area contributed by atoms with E-state index >= 15 is 0 Å². The molecule has 0 aliphatic heterocycles. The van der Waals surface area contributed by atoms with Crippen LogP contribution in [0.25, 0.3) is 0 Å². The van der Waals surface area contributed by atoms with E-state index < -0.39 is 29.4 Å². The van der Waals surface area contributed by atoms with Crippen molar-refractivity contribution >= 4 is 11.9 Å². The molecule has 12 heteroatoms. The number of carbonyl (C=O) groups is 2. The van der Waals surface area contributed by atoms with Crippen molar-refractivity contribution in [1.29, 1.82) is 0 Å². The Morgan fingerprint density at radius 1 is 0.812 bits per heavy atom. The van der Waals surface area contributed by atoms with Gasteiger partial charge in [-0.3, -0.25) is 0 Å². The molecule has 0 unspecified atom stereocenters. The molecule has 0 aliphatic rings. The van der Waals surface area contributed by atoms with E-state index in [1.807, 2.05) is 0 Å². The van der Waals surface area contributed by atoms with Crippen molar-refractivity contribution in [2.24, 2.45) is 0 Å². The molecule has 0 aromatic carbocycles. The van der Waals surface area contributed by atoms with E-state index in [-0.39, 0.29) is 0 Å². The highest BCUT2D eigenvalue weighted by molar-refractivity contribution is 5.75. The Hall–Kier alpha value is -1.88. The monoisotopic (exact) mass is 256 g/mol. The molecule has 0 bridgehead atoms. The smallest absolute Gasteiger partial charge is 0.233 e. The minimum Gasteiger partial charge on any atom is -0.233 e. The summed E-state index contributed by atoms with van der Waals surface area (Å²) in [4.78, 5) is 35.0. The van der Waals surface area contributed by atoms with Crippen LogP contribution in [0.15, 0.2) is 0 Å². The Bertz CT molecular complexity index is 288. The predicted molar refractivity (Wildman–Crippen MR) is 27.9 cm³/mol. The molecular formula is C4F6NO5+. The molecule has 6 nitrogen and oxygen atoms in total. The Kier molecular flexibility index (Phi) is 3.81. The molecule has 0 aromatic rings. The summed E-state index contributed by atoms with van der Waals surface area (Å²) in [6.07, 6.45) is -11.2. The van der Waals surface area contributed by atoms with Crippen molar-refractivity contribution in [2.75, 3.05) is 0 Å². The molecule has 0 N–H and O–H groups in total. The van der Waals surface area contributed by atoms with E-state index in [0.29, 0.717) is 0 Å². The maximum absolute atomic E-state index is 11.4. The maximum atomic E-state index is 11.4. The predicted octanol–water partition coefficient (Wildman–Crippen LogP) is 0.806. The van der Waals surface area contributed by atoms with Gasteiger partial charge in [-0.2, -0.15) is 26.3 Å². The van der Waals surface area contributed by atoms with Gasteiger partial charge in [0.15, 0.2) is 0 Å². The van der Waals surface area contributed by atoms with Gasteiger partial charge in [-0.15, -0.1) is 0 Å². The summed E-state index contributed by atoms with van der Waals surface area (Å²) >= 11 is 0. The van der Waals surface area contributed by atoms with E-state index in [0.717, 1.165) is 0 Å². The van der Waals surface area contributed by atoms with Gasteiger partial charge in [0, 0.05) is 0 Å². The summed E-state index contributed by atoms with van der Waals surface area (Å²) in [7, 11) is 0. The van der Waals surface area contributed by atoms with Crippen LogP contribution < -0.4 is 0 Å². The lowest BCUT2D eigenvalue weighted by molar-refractivity contribution is -0.947. The minimum atomic E-state index is -5.62. The number of rotatable bonds is 2. The van der Waals surface area contributed by atoms with Crippen LogP contribution in [0.4, 0.5) is 26.3 Å². The Morgan fingerprint density at radius 3 is 1.25 bits per heavy atom. The third-order valence-corrected chi connectivity index (χ3v) is 0.778. The van der Waals surface area contributed by atoms with Crippen LogP contribution in [0.2, 0.25) is 0 Å². The average Bonchev–Trinajstić information content (AvgIpc) is 1.99. The van der Waals surface area contributed by atoms with Crippen molar-refractivity contribution in [3.8, 4) is 0 Å². The van der Waals surface area contributed by atoms with Crippen LogP contribution in [0, 0.1) is 4.91 Å². The first-order valence-electron chi connectivity index (χ1n) is 3.00. The summed E-state index contributed by atoms with van der Waals surface area (Å²) < 4.78 is 68.3. The second kappa shape index (κ2) is 4.32. The maximum Gasteiger partial charge on any atom is 0.498 e. The van der Waals surface area contributed by atoms with Crippen LogP contribution in [0.3, 0.4) is 0 Å². The van der Waals surface area contributed by atoms with Crippen molar-refractivity contribution in [3.05, 3.63) is 4.91 Å². The van der Waals surface area contributed by atoms with Gasteiger partial charge in [0.1, 0.15) is 4.91 Å². The second-order valence-electron chi connectivity index (χ2n) is 1.98. The zero-order valence-electron chi connectivity index (χ0n) is 6.76. The first kappa shape index (κ1) is 14.1. The lowest BCUT2D eigenvalue weighted by atomic mass is 10.7. The third-order valence-electron chi connectivity index (χ3n) is 0.778. The number of carbonyl (C=O) groups excluding carboxylic acids is 2. The van der Waals surface area contributed by atoms with Gasteiger partial charge in [-0.25, -0.2) is 9.59 Å². The van der Waals surface area contributed by atoms with Crippen LogP contribution in [-0.2, 0) is 19.3 Å². The van der Waals surface area contributed by atoms with Crippen molar-refractivity contribution in [1.82, 2.24) is 0 Å². The summed E-state index contributed by atoms with van der Waals surface area (Å²) in [6, 6.07) is 0. The largest absolute Gasteiger partial charge is 0.498 e. The van der Waals surface area contributed by atoms with Crippen LogP contribution in [0.5, 0.6) is 0 Å². The first-order valence-corrected chi connectivity index (χ1v) is 3.00. The number of hydrogen-bond donors (Lipinski definition) is 0. The number of hydrogen-bond acceptors (Lipinski definition) is 5. The second-order valence-corrected chi connectivity index (χ2v) is 1.98. The lowest BCUT2D eigenvalue weighted by Gasteiger charge is -1.98. The molecule has 0 rings (SSSR count). The molecule has 0 saturated heterocycles. The first-order chi connectivity index (χ1) is 6.94. The minimum absolute atomic E-state index is 1.90. The fourth-order valence-electron chi connectivity index (χ4n) is 0.258. The molecule has 0 spiro atoms. The zero-order valence-corrected chi connectivity index (χ0v) is 6.76. The van der Waals surface area contributed by atoms with Gasteiger partial charge in [-0.1, -0.05) is 9.68 Å². The van der Waals surface area contributed by atoms with Gasteiger partial charge in [0.2, 0.25) is 0 Å². The Labute approximate surface area is 81.2 Å². The quantitative estimate of drug-likeness (QED) is 0.539. The Balaban J connectivity index is 4.32. The van der Waals surface area contributed by atoms with Gasteiger partial charge in [-0.05, 0) is 0 Å². The highest BCUT2D eigenvalue weighted by atomic mass is 19.4. The molecule has 16 heavy (non-hydrogen) atoms. The number of halogens is 6. The third kappa shape index (κ3) is 4.56. The summed E-state index contributed by atoms with van der Waals surface area (Å²) in [5, 5.41) is -1.90. The molecule has 0 atom stereocenters. The topological polar surface area (TPSA) is 72.7 Å². The van der Waals surface area contributed by atoms with E-state index in [1.54, 1.807) is 0 Å². The molecule has 0 aromatic heterocycles. The van der Waals surface area contributed by atoms with Crippen LogP contribution >= 0.6 is 0 Å². The molecule has 0 saturated carbocycles. The molecule has 0 aliphatic carbocycles. The van der Waals surface area contributed by atoms with E-state index in [1.165, 1.54) is 0 Å². The van der Waals surface area contributed by atoms with Crippen LogP contribution in [-0.4, -0.2) is 29.4 Å². The normalized spacial score (nSPS) is 11.9. The van der Waals surface area contributed by atoms with E-state index in [4.69, 9.17) is 0 Å². The average molecular weight is 256 g/mol. The van der Waals surface area contributed by atoms with Crippen molar-refractivity contribution in [3.63, 3.8) is 0 Å². The number of alkyl halides is 6. The van der Waals surface area contributed by atoms with Gasteiger partial charge >= 0.3 is 29.4 Å². The molecule has 0 heterocycles. The van der Waals surface area contributed by atoms with E-state index in [2.05, 4.69) is 9.68 Å². The fraction of sp³-hybridized carbons (Fsp3) is 0.500. The van der Waals surface area contributed by atoms with Crippen molar-refractivity contribution < 1.29 is 50.7 Å². The molecule has 0 fully saturated rings. The molecule has 0 amide bonds. The molecular weight excluding hydrogens is 256 g/mol.